The molecule has 0 N–H and O–H groups in total. The number of likely N-dealkylation sites (tertiary alicyclic amines) is 1. The molecule has 126 valence electrons. The summed E-state index contributed by atoms with van der Waals surface area (Å²) in [5, 5.41) is -0.0881. The molecule has 1 aromatic rings. The number of benzene rings is 1. The first-order valence-electron chi connectivity index (χ1n) is 8.25. The van der Waals surface area contributed by atoms with Crippen LogP contribution < -0.4 is 4.90 Å². The largest absolute Gasteiger partial charge is 0.291 e. The molecule has 4 rings (SSSR count). The standard InChI is InChI=1S/C18H18ClFN2O2/c19-14-7-13(5-6-15(14)20)22-17(23)8-16(18(22)24)21-9-11-3-1-2-4-12(11)10-21/h1-2,5-7,11-12,16H,3-4,8-10H2. The maximum Gasteiger partial charge on any atom is 0.251 e. The van der Waals surface area contributed by atoms with Gasteiger partial charge in [-0.2, -0.15) is 0 Å². The molecule has 2 aliphatic heterocycles. The molecule has 24 heavy (non-hydrogen) atoms. The molecule has 0 aromatic heterocycles. The van der Waals surface area contributed by atoms with E-state index in [4.69, 9.17) is 11.6 Å². The van der Waals surface area contributed by atoms with E-state index >= 15 is 0 Å². The summed E-state index contributed by atoms with van der Waals surface area (Å²) in [6, 6.07) is 3.53. The van der Waals surface area contributed by atoms with Gasteiger partial charge in [-0.1, -0.05) is 23.8 Å². The fourth-order valence-electron chi connectivity index (χ4n) is 4.10. The number of hydrogen-bond donors (Lipinski definition) is 0. The molecule has 0 saturated carbocycles. The highest BCUT2D eigenvalue weighted by molar-refractivity contribution is 6.31. The Balaban J connectivity index is 1.54. The zero-order valence-corrected chi connectivity index (χ0v) is 13.9. The number of imide groups is 1. The molecule has 2 fully saturated rings. The maximum atomic E-state index is 13.3. The number of carbonyl (C=O) groups is 2. The van der Waals surface area contributed by atoms with Crippen molar-refractivity contribution in [3.63, 3.8) is 0 Å². The Morgan fingerprint density at radius 3 is 2.38 bits per heavy atom. The van der Waals surface area contributed by atoms with Crippen LogP contribution in [0.25, 0.3) is 0 Å². The van der Waals surface area contributed by atoms with Crippen molar-refractivity contribution < 1.29 is 14.0 Å². The third kappa shape index (κ3) is 2.56. The second-order valence-corrected chi connectivity index (χ2v) is 7.21. The van der Waals surface area contributed by atoms with Crippen LogP contribution in [-0.4, -0.2) is 35.8 Å². The van der Waals surface area contributed by atoms with Gasteiger partial charge in [-0.15, -0.1) is 0 Å². The van der Waals surface area contributed by atoms with Gasteiger partial charge in [0.1, 0.15) is 5.82 Å². The van der Waals surface area contributed by atoms with Crippen LogP contribution in [0, 0.1) is 17.7 Å². The monoisotopic (exact) mass is 348 g/mol. The number of fused-ring (bicyclic) bond motifs is 1. The molecular formula is C18H18ClFN2O2. The van der Waals surface area contributed by atoms with E-state index in [-0.39, 0.29) is 23.3 Å². The molecule has 2 saturated heterocycles. The summed E-state index contributed by atoms with van der Waals surface area (Å²) in [4.78, 5) is 28.5. The van der Waals surface area contributed by atoms with E-state index in [0.717, 1.165) is 30.8 Å². The first-order chi connectivity index (χ1) is 11.5. The molecule has 3 aliphatic rings. The highest BCUT2D eigenvalue weighted by Gasteiger charge is 2.46. The van der Waals surface area contributed by atoms with Gasteiger partial charge in [-0.3, -0.25) is 14.5 Å². The first kappa shape index (κ1) is 15.8. The van der Waals surface area contributed by atoms with Gasteiger partial charge in [0, 0.05) is 13.1 Å². The normalized spacial score (nSPS) is 30.2. The van der Waals surface area contributed by atoms with Crippen LogP contribution in [0.2, 0.25) is 5.02 Å². The summed E-state index contributed by atoms with van der Waals surface area (Å²) < 4.78 is 13.3. The number of amides is 2. The second-order valence-electron chi connectivity index (χ2n) is 6.80. The summed E-state index contributed by atoms with van der Waals surface area (Å²) in [5.74, 6) is 0.113. The van der Waals surface area contributed by atoms with Crippen molar-refractivity contribution in [2.75, 3.05) is 18.0 Å². The Labute approximate surface area is 144 Å². The second kappa shape index (κ2) is 5.97. The number of nitrogens with zero attached hydrogens (tertiary/aromatic N) is 2. The van der Waals surface area contributed by atoms with Gasteiger partial charge in [0.25, 0.3) is 5.91 Å². The van der Waals surface area contributed by atoms with Crippen LogP contribution in [0.1, 0.15) is 19.3 Å². The van der Waals surface area contributed by atoms with E-state index in [1.165, 1.54) is 18.2 Å². The summed E-state index contributed by atoms with van der Waals surface area (Å²) in [6.07, 6.45) is 6.69. The SMILES string of the molecule is O=C1CC(N2CC3CC=CCC3C2)C(=O)N1c1ccc(F)c(Cl)c1. The third-order valence-corrected chi connectivity index (χ3v) is 5.66. The lowest BCUT2D eigenvalue weighted by Gasteiger charge is -2.22. The van der Waals surface area contributed by atoms with Crippen molar-refractivity contribution in [1.29, 1.82) is 0 Å². The van der Waals surface area contributed by atoms with Gasteiger partial charge >= 0.3 is 0 Å². The molecule has 2 heterocycles. The van der Waals surface area contributed by atoms with Gasteiger partial charge in [0.15, 0.2) is 0 Å². The highest BCUT2D eigenvalue weighted by Crippen LogP contribution is 2.36. The van der Waals surface area contributed by atoms with Crippen molar-refractivity contribution in [3.8, 4) is 0 Å². The maximum absolute atomic E-state index is 13.3. The average Bonchev–Trinajstić information content (AvgIpc) is 3.11. The molecule has 1 aliphatic carbocycles. The number of halogens is 2. The molecule has 1 aromatic carbocycles. The predicted molar refractivity (Wildman–Crippen MR) is 89.2 cm³/mol. The van der Waals surface area contributed by atoms with Crippen LogP contribution in [0.15, 0.2) is 30.4 Å². The van der Waals surface area contributed by atoms with Gasteiger partial charge in [0.2, 0.25) is 5.91 Å². The predicted octanol–water partition coefficient (Wildman–Crippen LogP) is 3.01. The van der Waals surface area contributed by atoms with Crippen molar-refractivity contribution in [3.05, 3.63) is 41.2 Å². The van der Waals surface area contributed by atoms with Crippen molar-refractivity contribution in [2.45, 2.75) is 25.3 Å². The van der Waals surface area contributed by atoms with Crippen molar-refractivity contribution >= 4 is 29.1 Å². The van der Waals surface area contributed by atoms with E-state index < -0.39 is 11.9 Å². The Morgan fingerprint density at radius 2 is 1.75 bits per heavy atom. The number of carbonyl (C=O) groups excluding carboxylic acids is 2. The van der Waals surface area contributed by atoms with Gasteiger partial charge in [-0.05, 0) is 42.9 Å². The Hall–Kier alpha value is -1.72. The van der Waals surface area contributed by atoms with Crippen molar-refractivity contribution in [1.82, 2.24) is 4.90 Å². The van der Waals surface area contributed by atoms with Gasteiger partial charge < -0.3 is 0 Å². The minimum absolute atomic E-state index is 0.0881. The summed E-state index contributed by atoms with van der Waals surface area (Å²) >= 11 is 5.79. The summed E-state index contributed by atoms with van der Waals surface area (Å²) in [6.45, 7) is 1.72. The molecule has 6 heteroatoms. The van der Waals surface area contributed by atoms with E-state index in [1.54, 1.807) is 0 Å². The van der Waals surface area contributed by atoms with E-state index in [0.29, 0.717) is 17.5 Å². The Bertz CT molecular complexity index is 720. The lowest BCUT2D eigenvalue weighted by atomic mass is 9.86. The minimum Gasteiger partial charge on any atom is -0.291 e. The fraction of sp³-hybridized carbons (Fsp3) is 0.444. The average molecular weight is 349 g/mol. The number of anilines is 1. The van der Waals surface area contributed by atoms with Gasteiger partial charge in [0.05, 0.1) is 23.2 Å². The quantitative estimate of drug-likeness (QED) is 0.609. The van der Waals surface area contributed by atoms with Crippen LogP contribution >= 0.6 is 11.6 Å². The molecule has 0 spiro atoms. The Morgan fingerprint density at radius 1 is 1.08 bits per heavy atom. The lowest BCUT2D eigenvalue weighted by Crippen LogP contribution is -2.41. The summed E-state index contributed by atoms with van der Waals surface area (Å²) in [5.41, 5.74) is 0.345. The molecule has 2 amide bonds. The smallest absolute Gasteiger partial charge is 0.251 e. The minimum atomic E-state index is -0.563. The van der Waals surface area contributed by atoms with Crippen LogP contribution in [0.3, 0.4) is 0 Å². The van der Waals surface area contributed by atoms with Crippen LogP contribution in [0.4, 0.5) is 10.1 Å². The number of allylic oxidation sites excluding steroid dienone is 2. The molecule has 4 nitrogen and oxygen atoms in total. The molecular weight excluding hydrogens is 331 g/mol. The topological polar surface area (TPSA) is 40.6 Å². The van der Waals surface area contributed by atoms with Gasteiger partial charge in [-0.25, -0.2) is 9.29 Å². The number of rotatable bonds is 2. The van der Waals surface area contributed by atoms with Crippen LogP contribution in [0.5, 0.6) is 0 Å². The van der Waals surface area contributed by atoms with E-state index in [9.17, 15) is 14.0 Å². The zero-order chi connectivity index (χ0) is 16.8. The molecule has 0 radical (unpaired) electrons. The van der Waals surface area contributed by atoms with Crippen molar-refractivity contribution in [2.24, 2.45) is 11.8 Å². The van der Waals surface area contributed by atoms with E-state index in [2.05, 4.69) is 17.1 Å². The molecule has 0 bridgehead atoms. The Kier molecular flexibility index (Phi) is 3.93. The first-order valence-corrected chi connectivity index (χ1v) is 8.63. The zero-order valence-electron chi connectivity index (χ0n) is 13.1. The number of hydrogen-bond acceptors (Lipinski definition) is 3. The van der Waals surface area contributed by atoms with Crippen LogP contribution in [-0.2, 0) is 9.59 Å². The third-order valence-electron chi connectivity index (χ3n) is 5.37. The highest BCUT2D eigenvalue weighted by atomic mass is 35.5. The fourth-order valence-corrected chi connectivity index (χ4v) is 4.28. The summed E-state index contributed by atoms with van der Waals surface area (Å²) in [7, 11) is 0. The lowest BCUT2D eigenvalue weighted by molar-refractivity contribution is -0.122. The van der Waals surface area contributed by atoms with E-state index in [1.807, 2.05) is 0 Å². The molecule has 3 unspecified atom stereocenters. The molecule has 3 atom stereocenters.